The molecule has 1 atom stereocenters. The molecule has 0 fully saturated rings. The Hall–Kier alpha value is -3.22. The van der Waals surface area contributed by atoms with E-state index in [0.29, 0.717) is 0 Å². The summed E-state index contributed by atoms with van der Waals surface area (Å²) in [6.07, 6.45) is 0.955. The highest BCUT2D eigenvalue weighted by molar-refractivity contribution is 7.94. The Morgan fingerprint density at radius 2 is 1.00 bits per heavy atom. The summed E-state index contributed by atoms with van der Waals surface area (Å²) >= 11 is 0. The zero-order valence-corrected chi connectivity index (χ0v) is 17.3. The molecule has 4 rings (SSSR count). The van der Waals surface area contributed by atoms with Gasteiger partial charge in [0.2, 0.25) is 0 Å². The first-order valence-corrected chi connectivity index (χ1v) is 11.7. The molecule has 0 N–H and O–H groups in total. The molecule has 0 spiro atoms. The quantitative estimate of drug-likeness (QED) is 0.325. The summed E-state index contributed by atoms with van der Waals surface area (Å²) in [5.74, 6) is 1.42. The average molecular weight is 412 g/mol. The Labute approximate surface area is 176 Å². The third kappa shape index (κ3) is 3.92. The molecule has 1 nitrogen and oxygen atoms in total. The molecule has 4 aromatic rings. The molecule has 0 aliphatic rings. The predicted molar refractivity (Wildman–Crippen MR) is 126 cm³/mol. The van der Waals surface area contributed by atoms with Gasteiger partial charge in [-0.05, 0) is 40.5 Å². The SMILES string of the molecule is O=CC(C=P(c1ccccc1)(c1ccccc1)c1ccccc1)c1ccc(F)cc1. The fourth-order valence-electron chi connectivity index (χ4n) is 3.82. The number of carbonyl (C=O) groups excluding carboxylic acids is 1. The second kappa shape index (κ2) is 9.07. The summed E-state index contributed by atoms with van der Waals surface area (Å²) in [5, 5.41) is 3.53. The van der Waals surface area contributed by atoms with Crippen molar-refractivity contribution < 1.29 is 9.18 Å². The molecule has 30 heavy (non-hydrogen) atoms. The standard InChI is InChI=1S/C27H22FOP/c28-24-18-16-22(17-19-24)23(20-29)21-30(25-10-4-1-5-11-25,26-12-6-2-7-13-26)27-14-8-3-9-15-27/h1-21,23H. The Bertz CT molecular complexity index is 1050. The second-order valence-electron chi connectivity index (χ2n) is 7.09. The van der Waals surface area contributed by atoms with Crippen molar-refractivity contribution in [1.82, 2.24) is 0 Å². The van der Waals surface area contributed by atoms with Crippen LogP contribution in [0.3, 0.4) is 0 Å². The normalized spacial score (nSPS) is 12.2. The van der Waals surface area contributed by atoms with E-state index in [2.05, 4.69) is 42.2 Å². The first-order chi connectivity index (χ1) is 14.7. The Morgan fingerprint density at radius 3 is 1.37 bits per heavy atom. The summed E-state index contributed by atoms with van der Waals surface area (Å²) < 4.78 is 13.5. The van der Waals surface area contributed by atoms with Crippen molar-refractivity contribution in [3.05, 3.63) is 127 Å². The number of carbonyl (C=O) groups is 1. The molecule has 0 saturated carbocycles. The lowest BCUT2D eigenvalue weighted by Crippen LogP contribution is -2.28. The van der Waals surface area contributed by atoms with Crippen LogP contribution in [-0.4, -0.2) is 12.1 Å². The Kier molecular flexibility index (Phi) is 6.07. The fourth-order valence-corrected chi connectivity index (χ4v) is 7.88. The van der Waals surface area contributed by atoms with Crippen LogP contribution in [0.25, 0.3) is 0 Å². The predicted octanol–water partition coefficient (Wildman–Crippen LogP) is 4.90. The first-order valence-electron chi connectivity index (χ1n) is 9.86. The van der Waals surface area contributed by atoms with Gasteiger partial charge in [0.05, 0.1) is 5.92 Å². The molecule has 0 saturated heterocycles. The molecule has 0 radical (unpaired) electrons. The van der Waals surface area contributed by atoms with E-state index in [1.54, 1.807) is 12.1 Å². The minimum Gasteiger partial charge on any atom is -0.302 e. The molecule has 0 aliphatic carbocycles. The lowest BCUT2D eigenvalue weighted by molar-refractivity contribution is -0.107. The van der Waals surface area contributed by atoms with E-state index in [1.807, 2.05) is 54.6 Å². The maximum absolute atomic E-state index is 13.5. The third-order valence-corrected chi connectivity index (χ3v) is 9.38. The number of hydrogen-bond donors (Lipinski definition) is 0. The molecule has 0 amide bonds. The molecule has 3 heteroatoms. The van der Waals surface area contributed by atoms with Gasteiger partial charge in [-0.15, -0.1) is 0 Å². The van der Waals surface area contributed by atoms with Crippen molar-refractivity contribution in [2.24, 2.45) is 0 Å². The zero-order chi connectivity index (χ0) is 20.8. The van der Waals surface area contributed by atoms with Crippen molar-refractivity contribution in [2.75, 3.05) is 0 Å². The number of benzene rings is 4. The smallest absolute Gasteiger partial charge is 0.131 e. The number of hydrogen-bond acceptors (Lipinski definition) is 1. The highest BCUT2D eigenvalue weighted by Crippen LogP contribution is 2.45. The molecular formula is C27H22FOP. The maximum Gasteiger partial charge on any atom is 0.131 e. The van der Waals surface area contributed by atoms with Gasteiger partial charge in [0.25, 0.3) is 0 Å². The van der Waals surface area contributed by atoms with Crippen molar-refractivity contribution in [2.45, 2.75) is 5.92 Å². The van der Waals surface area contributed by atoms with E-state index in [9.17, 15) is 9.18 Å². The van der Waals surface area contributed by atoms with E-state index >= 15 is 0 Å². The zero-order valence-electron chi connectivity index (χ0n) is 16.4. The summed E-state index contributed by atoms with van der Waals surface area (Å²) in [6, 6.07) is 37.3. The van der Waals surface area contributed by atoms with Gasteiger partial charge in [-0.25, -0.2) is 4.39 Å². The minimum absolute atomic E-state index is 0.307. The monoisotopic (exact) mass is 412 g/mol. The fraction of sp³-hybridized carbons (Fsp3) is 0.0370. The molecule has 0 aliphatic heterocycles. The minimum atomic E-state index is -2.25. The summed E-state index contributed by atoms with van der Waals surface area (Å²) in [7, 11) is 0. The Balaban J connectivity index is 2.07. The molecule has 1 unspecified atom stereocenters. The lowest BCUT2D eigenvalue weighted by Gasteiger charge is -2.30. The maximum atomic E-state index is 13.5. The van der Waals surface area contributed by atoms with Gasteiger partial charge in [-0.2, -0.15) is 0 Å². The van der Waals surface area contributed by atoms with Gasteiger partial charge >= 0.3 is 0 Å². The van der Waals surface area contributed by atoms with Crippen LogP contribution in [0.5, 0.6) is 0 Å². The highest BCUT2D eigenvalue weighted by atomic mass is 31.2. The van der Waals surface area contributed by atoms with E-state index < -0.39 is 12.8 Å². The van der Waals surface area contributed by atoms with E-state index in [1.165, 1.54) is 28.0 Å². The molecule has 0 heterocycles. The summed E-state index contributed by atoms with van der Waals surface area (Å²) in [4.78, 5) is 12.3. The van der Waals surface area contributed by atoms with Crippen molar-refractivity contribution >= 4 is 34.9 Å². The van der Waals surface area contributed by atoms with Gasteiger partial charge in [0.1, 0.15) is 12.1 Å². The van der Waals surface area contributed by atoms with Crippen LogP contribution in [0.1, 0.15) is 11.5 Å². The van der Waals surface area contributed by atoms with Crippen molar-refractivity contribution in [3.63, 3.8) is 0 Å². The number of halogens is 1. The van der Waals surface area contributed by atoms with Crippen LogP contribution in [-0.2, 0) is 4.79 Å². The first kappa shape index (κ1) is 20.1. The topological polar surface area (TPSA) is 17.1 Å². The number of aldehydes is 1. The van der Waals surface area contributed by atoms with E-state index in [4.69, 9.17) is 0 Å². The van der Waals surface area contributed by atoms with Crippen LogP contribution < -0.4 is 15.9 Å². The van der Waals surface area contributed by atoms with Crippen LogP contribution in [0.2, 0.25) is 0 Å². The van der Waals surface area contributed by atoms with Gasteiger partial charge in [-0.1, -0.05) is 109 Å². The second-order valence-corrected chi connectivity index (χ2v) is 10.4. The van der Waals surface area contributed by atoms with Crippen LogP contribution in [0.15, 0.2) is 115 Å². The Morgan fingerprint density at radius 1 is 0.600 bits per heavy atom. The van der Waals surface area contributed by atoms with E-state index in [-0.39, 0.29) is 5.82 Å². The van der Waals surface area contributed by atoms with Gasteiger partial charge in [0, 0.05) is 0 Å². The molecule has 0 bridgehead atoms. The van der Waals surface area contributed by atoms with Crippen LogP contribution in [0, 0.1) is 5.82 Å². The lowest BCUT2D eigenvalue weighted by atomic mass is 10.0. The highest BCUT2D eigenvalue weighted by Gasteiger charge is 2.27. The van der Waals surface area contributed by atoms with Crippen molar-refractivity contribution in [1.29, 1.82) is 0 Å². The van der Waals surface area contributed by atoms with Gasteiger partial charge < -0.3 is 4.79 Å². The average Bonchev–Trinajstić information content (AvgIpc) is 2.83. The largest absolute Gasteiger partial charge is 0.302 e. The number of rotatable bonds is 6. The van der Waals surface area contributed by atoms with Crippen LogP contribution in [0.4, 0.5) is 4.39 Å². The molecule has 4 aromatic carbocycles. The van der Waals surface area contributed by atoms with Crippen molar-refractivity contribution in [3.8, 4) is 0 Å². The third-order valence-electron chi connectivity index (χ3n) is 5.28. The van der Waals surface area contributed by atoms with E-state index in [0.717, 1.165) is 11.8 Å². The molecular weight excluding hydrogens is 390 g/mol. The summed E-state index contributed by atoms with van der Waals surface area (Å²) in [6.45, 7) is -2.25. The molecule has 0 aromatic heterocycles. The molecule has 148 valence electrons. The van der Waals surface area contributed by atoms with Gasteiger partial charge in [0.15, 0.2) is 0 Å². The summed E-state index contributed by atoms with van der Waals surface area (Å²) in [5.41, 5.74) is 0.790. The van der Waals surface area contributed by atoms with Crippen LogP contribution >= 0.6 is 6.89 Å². The van der Waals surface area contributed by atoms with Gasteiger partial charge in [-0.3, -0.25) is 0 Å².